The van der Waals surface area contributed by atoms with Gasteiger partial charge < -0.3 is 20.8 Å². The highest BCUT2D eigenvalue weighted by atomic mass is 16.3. The summed E-state index contributed by atoms with van der Waals surface area (Å²) in [5.74, 6) is -0.469. The van der Waals surface area contributed by atoms with Gasteiger partial charge >= 0.3 is 0 Å². The first-order chi connectivity index (χ1) is 8.58. The summed E-state index contributed by atoms with van der Waals surface area (Å²) < 4.78 is 0. The molecule has 0 saturated carbocycles. The summed E-state index contributed by atoms with van der Waals surface area (Å²) >= 11 is 0. The Labute approximate surface area is 107 Å². The molecular weight excluding hydrogens is 232 g/mol. The van der Waals surface area contributed by atoms with Crippen molar-refractivity contribution in [3.05, 3.63) is 23.8 Å². The molecule has 1 aromatic rings. The summed E-state index contributed by atoms with van der Waals surface area (Å²) in [7, 11) is 0. The van der Waals surface area contributed by atoms with Crippen LogP contribution in [-0.2, 0) is 0 Å². The zero-order valence-corrected chi connectivity index (χ0v) is 10.6. The molecule has 0 unspecified atom stereocenters. The Hall–Kier alpha value is -1.75. The number of carbonyl (C=O) groups excluding carboxylic acids is 1. The zero-order chi connectivity index (χ0) is 13.5. The van der Waals surface area contributed by atoms with Crippen molar-refractivity contribution in [1.29, 1.82) is 0 Å². The second kappa shape index (κ2) is 6.86. The minimum absolute atomic E-state index is 0.124. The van der Waals surface area contributed by atoms with Crippen LogP contribution in [0, 0.1) is 0 Å². The summed E-state index contributed by atoms with van der Waals surface area (Å²) in [5.41, 5.74) is 5.76. The molecule has 0 aliphatic carbocycles. The second-order valence-corrected chi connectivity index (χ2v) is 4.17. The molecule has 0 radical (unpaired) electrons. The van der Waals surface area contributed by atoms with Crippen molar-refractivity contribution in [2.45, 2.75) is 19.8 Å². The van der Waals surface area contributed by atoms with Crippen LogP contribution in [0.1, 0.15) is 30.1 Å². The smallest absolute Gasteiger partial charge is 0.254 e. The van der Waals surface area contributed by atoms with Gasteiger partial charge in [0.2, 0.25) is 0 Å². The van der Waals surface area contributed by atoms with E-state index in [0.717, 1.165) is 12.8 Å². The molecule has 100 valence electrons. The number of unbranched alkanes of at least 4 members (excludes halogenated alkanes) is 1. The Morgan fingerprint density at radius 3 is 2.33 bits per heavy atom. The lowest BCUT2D eigenvalue weighted by Crippen LogP contribution is -2.36. The summed E-state index contributed by atoms with van der Waals surface area (Å²) in [4.78, 5) is 13.8. The van der Waals surface area contributed by atoms with Crippen molar-refractivity contribution >= 4 is 5.91 Å². The van der Waals surface area contributed by atoms with E-state index in [4.69, 9.17) is 5.73 Å². The summed E-state index contributed by atoms with van der Waals surface area (Å²) in [6.07, 6.45) is 1.89. The highest BCUT2D eigenvalue weighted by Crippen LogP contribution is 2.21. The zero-order valence-electron chi connectivity index (χ0n) is 10.6. The number of nitrogens with two attached hydrogens (primary N) is 1. The minimum atomic E-state index is -0.222. The van der Waals surface area contributed by atoms with Crippen LogP contribution < -0.4 is 5.73 Å². The van der Waals surface area contributed by atoms with Gasteiger partial charge in [-0.25, -0.2) is 0 Å². The number of benzene rings is 1. The number of hydrogen-bond donors (Lipinski definition) is 3. The van der Waals surface area contributed by atoms with Gasteiger partial charge in [0.05, 0.1) is 0 Å². The first-order valence-corrected chi connectivity index (χ1v) is 6.10. The van der Waals surface area contributed by atoms with Gasteiger partial charge in [-0.2, -0.15) is 0 Å². The Kier molecular flexibility index (Phi) is 5.45. The molecule has 0 saturated heterocycles. The number of carbonyl (C=O) groups is 1. The third-order valence-corrected chi connectivity index (χ3v) is 2.62. The van der Waals surface area contributed by atoms with E-state index in [2.05, 4.69) is 0 Å². The topological polar surface area (TPSA) is 86.8 Å². The normalized spacial score (nSPS) is 10.3. The molecule has 0 aromatic heterocycles. The number of nitrogens with zero attached hydrogens (tertiary/aromatic N) is 1. The molecule has 0 aliphatic heterocycles. The van der Waals surface area contributed by atoms with Gasteiger partial charge in [0.15, 0.2) is 0 Å². The molecule has 0 heterocycles. The van der Waals surface area contributed by atoms with Crippen molar-refractivity contribution < 1.29 is 15.0 Å². The van der Waals surface area contributed by atoms with E-state index in [1.54, 1.807) is 4.90 Å². The summed E-state index contributed by atoms with van der Waals surface area (Å²) in [6.45, 7) is 3.53. The predicted molar refractivity (Wildman–Crippen MR) is 69.6 cm³/mol. The molecule has 5 nitrogen and oxygen atoms in total. The van der Waals surface area contributed by atoms with Crippen molar-refractivity contribution in [2.75, 3.05) is 19.6 Å². The average molecular weight is 252 g/mol. The van der Waals surface area contributed by atoms with Crippen molar-refractivity contribution in [3.8, 4) is 11.5 Å². The van der Waals surface area contributed by atoms with E-state index < -0.39 is 0 Å². The van der Waals surface area contributed by atoms with E-state index in [9.17, 15) is 15.0 Å². The predicted octanol–water partition coefficient (Wildman–Crippen LogP) is 1.30. The van der Waals surface area contributed by atoms with Crippen LogP contribution in [0.4, 0.5) is 0 Å². The molecule has 0 bridgehead atoms. The maximum Gasteiger partial charge on any atom is 0.254 e. The number of phenolic OH excluding ortho intramolecular Hbond substituents is 2. The maximum atomic E-state index is 12.2. The van der Waals surface area contributed by atoms with Crippen LogP contribution in [0.5, 0.6) is 11.5 Å². The minimum Gasteiger partial charge on any atom is -0.508 e. The van der Waals surface area contributed by atoms with Crippen LogP contribution in [-0.4, -0.2) is 40.7 Å². The molecule has 0 aliphatic rings. The van der Waals surface area contributed by atoms with Gasteiger partial charge in [0.1, 0.15) is 11.5 Å². The van der Waals surface area contributed by atoms with Gasteiger partial charge in [-0.3, -0.25) is 4.79 Å². The van der Waals surface area contributed by atoms with Crippen molar-refractivity contribution in [1.82, 2.24) is 4.90 Å². The number of phenols is 2. The second-order valence-electron chi connectivity index (χ2n) is 4.17. The SMILES string of the molecule is CCCCN(CCN)C(=O)c1cc(O)cc(O)c1. The average Bonchev–Trinajstić information content (AvgIpc) is 2.32. The van der Waals surface area contributed by atoms with Gasteiger partial charge in [0, 0.05) is 31.3 Å². The van der Waals surface area contributed by atoms with Crippen molar-refractivity contribution in [3.63, 3.8) is 0 Å². The molecule has 0 atom stereocenters. The molecule has 0 spiro atoms. The number of hydrogen-bond acceptors (Lipinski definition) is 4. The summed E-state index contributed by atoms with van der Waals surface area (Å²) in [6, 6.07) is 3.88. The molecule has 0 fully saturated rings. The van der Waals surface area contributed by atoms with Gasteiger partial charge in [0.25, 0.3) is 5.91 Å². The van der Waals surface area contributed by atoms with Gasteiger partial charge in [-0.05, 0) is 18.6 Å². The Morgan fingerprint density at radius 1 is 1.22 bits per heavy atom. The Balaban J connectivity index is 2.86. The lowest BCUT2D eigenvalue weighted by molar-refractivity contribution is 0.0757. The Bertz CT molecular complexity index is 387. The Morgan fingerprint density at radius 2 is 1.83 bits per heavy atom. The lowest BCUT2D eigenvalue weighted by Gasteiger charge is -2.22. The van der Waals surface area contributed by atoms with Crippen LogP contribution >= 0.6 is 0 Å². The number of amides is 1. The van der Waals surface area contributed by atoms with E-state index >= 15 is 0 Å². The number of rotatable bonds is 6. The fraction of sp³-hybridized carbons (Fsp3) is 0.462. The fourth-order valence-electron chi connectivity index (χ4n) is 1.72. The first-order valence-electron chi connectivity index (χ1n) is 6.10. The molecule has 18 heavy (non-hydrogen) atoms. The maximum absolute atomic E-state index is 12.2. The molecule has 4 N–H and O–H groups in total. The van der Waals surface area contributed by atoms with E-state index in [1.807, 2.05) is 6.92 Å². The lowest BCUT2D eigenvalue weighted by atomic mass is 10.1. The van der Waals surface area contributed by atoms with E-state index in [-0.39, 0.29) is 23.0 Å². The molecule has 1 aromatic carbocycles. The molecular formula is C13H20N2O3. The van der Waals surface area contributed by atoms with Gasteiger partial charge in [-0.15, -0.1) is 0 Å². The van der Waals surface area contributed by atoms with Crippen LogP contribution in [0.15, 0.2) is 18.2 Å². The first kappa shape index (κ1) is 14.3. The number of aromatic hydroxyl groups is 2. The van der Waals surface area contributed by atoms with Crippen LogP contribution in [0.2, 0.25) is 0 Å². The van der Waals surface area contributed by atoms with Crippen molar-refractivity contribution in [2.24, 2.45) is 5.73 Å². The van der Waals surface area contributed by atoms with Gasteiger partial charge in [-0.1, -0.05) is 13.3 Å². The highest BCUT2D eigenvalue weighted by molar-refractivity contribution is 5.95. The summed E-state index contributed by atoms with van der Waals surface area (Å²) in [5, 5.41) is 18.8. The molecule has 1 amide bonds. The third-order valence-electron chi connectivity index (χ3n) is 2.62. The largest absolute Gasteiger partial charge is 0.508 e. The molecule has 1 rings (SSSR count). The monoisotopic (exact) mass is 252 g/mol. The van der Waals surface area contributed by atoms with E-state index in [1.165, 1.54) is 18.2 Å². The fourth-order valence-corrected chi connectivity index (χ4v) is 1.72. The van der Waals surface area contributed by atoms with Crippen LogP contribution in [0.25, 0.3) is 0 Å². The quantitative estimate of drug-likeness (QED) is 0.712. The highest BCUT2D eigenvalue weighted by Gasteiger charge is 2.16. The molecule has 5 heteroatoms. The van der Waals surface area contributed by atoms with E-state index in [0.29, 0.717) is 19.6 Å². The van der Waals surface area contributed by atoms with Crippen LogP contribution in [0.3, 0.4) is 0 Å². The third kappa shape index (κ3) is 3.92. The standard InChI is InChI=1S/C13H20N2O3/c1-2-3-5-15(6-4-14)13(18)10-7-11(16)9-12(17)8-10/h7-9,16-17H,2-6,14H2,1H3.